The molecule has 1 heterocycles. The second-order valence-corrected chi connectivity index (χ2v) is 9.87. The molecule has 0 bridgehead atoms. The van der Waals surface area contributed by atoms with Gasteiger partial charge in [0.05, 0.1) is 6.42 Å². The van der Waals surface area contributed by atoms with E-state index in [1.54, 1.807) is 0 Å². The predicted molar refractivity (Wildman–Crippen MR) is 120 cm³/mol. The summed E-state index contributed by atoms with van der Waals surface area (Å²) >= 11 is 1.91. The third kappa shape index (κ3) is 12.8. The lowest BCUT2D eigenvalue weighted by Crippen LogP contribution is -2.42. The molecule has 0 aromatic rings. The van der Waals surface area contributed by atoms with Gasteiger partial charge in [-0.25, -0.2) is 0 Å². The van der Waals surface area contributed by atoms with Crippen LogP contribution in [0.4, 0.5) is 0 Å². The van der Waals surface area contributed by atoms with E-state index in [1.165, 1.54) is 70.0 Å². The van der Waals surface area contributed by atoms with E-state index >= 15 is 0 Å². The molecule has 0 saturated carbocycles. The average Bonchev–Trinajstić information content (AvgIpc) is 2.66. The topological polar surface area (TPSA) is 38.3 Å². The van der Waals surface area contributed by atoms with E-state index in [-0.39, 0.29) is 11.6 Å². The zero-order chi connectivity index (χ0) is 19.8. The predicted octanol–water partition coefficient (Wildman–Crippen LogP) is 6.35. The second-order valence-electron chi connectivity index (χ2n) is 8.65. The normalized spacial score (nSPS) is 15.8. The van der Waals surface area contributed by atoms with Crippen LogP contribution in [0, 0.1) is 5.92 Å². The summed E-state index contributed by atoms with van der Waals surface area (Å²) in [6, 6.07) is 0. The molecule has 0 aromatic carbocycles. The summed E-state index contributed by atoms with van der Waals surface area (Å²) in [5.41, 5.74) is -0.319. The smallest absolute Gasteiger partial charge is 0.307 e. The lowest BCUT2D eigenvalue weighted by molar-refractivity contribution is -0.162. The van der Waals surface area contributed by atoms with Crippen molar-refractivity contribution in [2.24, 2.45) is 5.92 Å². The minimum atomic E-state index is -0.319. The van der Waals surface area contributed by atoms with Gasteiger partial charge in [-0.15, -0.1) is 0 Å². The third-order valence-corrected chi connectivity index (χ3v) is 6.86. The fourth-order valence-corrected chi connectivity index (χ4v) is 4.82. The van der Waals surface area contributed by atoms with Crippen LogP contribution in [0.5, 0.6) is 0 Å². The summed E-state index contributed by atoms with van der Waals surface area (Å²) in [5, 5.41) is 3.38. The van der Waals surface area contributed by atoms with Crippen LogP contribution >= 0.6 is 11.8 Å². The first-order chi connectivity index (χ1) is 13.1. The highest BCUT2D eigenvalue weighted by Crippen LogP contribution is 2.29. The zero-order valence-electron chi connectivity index (χ0n) is 18.3. The molecule has 1 rings (SSSR count). The highest BCUT2D eigenvalue weighted by molar-refractivity contribution is 7.99. The van der Waals surface area contributed by atoms with Crippen molar-refractivity contribution in [3.63, 3.8) is 0 Å². The molecule has 0 spiro atoms. The van der Waals surface area contributed by atoms with Gasteiger partial charge in [-0.05, 0) is 52.0 Å². The Labute approximate surface area is 173 Å². The number of hydrogen-bond acceptors (Lipinski definition) is 4. The van der Waals surface area contributed by atoms with Crippen molar-refractivity contribution in [2.45, 2.75) is 110 Å². The number of thioether (sulfide) groups is 1. The van der Waals surface area contributed by atoms with Crippen LogP contribution in [0.25, 0.3) is 0 Å². The van der Waals surface area contributed by atoms with Gasteiger partial charge in [-0.2, -0.15) is 11.8 Å². The lowest BCUT2D eigenvalue weighted by atomic mass is 9.83. The number of unbranched alkanes of at least 4 members (excludes halogenated alkanes) is 9. The van der Waals surface area contributed by atoms with E-state index in [0.717, 1.165) is 31.7 Å². The SMILES string of the molecule is CCCCCCCCCCCCSCCC(=O)OC(C)(C)C1CCNCC1. The van der Waals surface area contributed by atoms with E-state index in [4.69, 9.17) is 4.74 Å². The van der Waals surface area contributed by atoms with Crippen LogP contribution in [-0.4, -0.2) is 36.2 Å². The van der Waals surface area contributed by atoms with Gasteiger partial charge >= 0.3 is 5.97 Å². The molecule has 0 aromatic heterocycles. The summed E-state index contributed by atoms with van der Waals surface area (Å²) in [5.74, 6) is 2.55. The van der Waals surface area contributed by atoms with Crippen LogP contribution in [0.15, 0.2) is 0 Å². The molecule has 0 aliphatic carbocycles. The third-order valence-electron chi connectivity index (χ3n) is 5.79. The van der Waals surface area contributed by atoms with Crippen molar-refractivity contribution < 1.29 is 9.53 Å². The second kappa shape index (κ2) is 15.7. The number of hydrogen-bond donors (Lipinski definition) is 1. The highest BCUT2D eigenvalue weighted by Gasteiger charge is 2.33. The van der Waals surface area contributed by atoms with Crippen molar-refractivity contribution in [3.8, 4) is 0 Å². The molecule has 1 aliphatic rings. The van der Waals surface area contributed by atoms with Gasteiger partial charge in [0.15, 0.2) is 0 Å². The summed E-state index contributed by atoms with van der Waals surface area (Å²) in [6.07, 6.45) is 16.6. The number of esters is 1. The molecule has 0 unspecified atom stereocenters. The first-order valence-electron chi connectivity index (χ1n) is 11.6. The first kappa shape index (κ1) is 24.8. The van der Waals surface area contributed by atoms with Gasteiger partial charge in [-0.1, -0.05) is 64.7 Å². The number of ether oxygens (including phenoxy) is 1. The molecule has 1 saturated heterocycles. The molecular formula is C23H45NO2S. The molecule has 160 valence electrons. The molecule has 1 aliphatic heterocycles. The maximum Gasteiger partial charge on any atom is 0.307 e. The van der Waals surface area contributed by atoms with Gasteiger partial charge in [0.2, 0.25) is 0 Å². The van der Waals surface area contributed by atoms with Gasteiger partial charge in [0.25, 0.3) is 0 Å². The number of rotatable bonds is 16. The highest BCUT2D eigenvalue weighted by atomic mass is 32.2. The van der Waals surface area contributed by atoms with E-state index in [2.05, 4.69) is 26.1 Å². The number of carbonyl (C=O) groups excluding carboxylic acids is 1. The summed E-state index contributed by atoms with van der Waals surface area (Å²) in [6.45, 7) is 8.52. The largest absolute Gasteiger partial charge is 0.459 e. The Hall–Kier alpha value is -0.220. The minimum absolute atomic E-state index is 0.0193. The molecule has 1 fully saturated rings. The zero-order valence-corrected chi connectivity index (χ0v) is 19.1. The standard InChI is InChI=1S/C23H45NO2S/c1-4-5-6-7-8-9-10-11-12-13-19-27-20-16-22(25)26-23(2,3)21-14-17-24-18-15-21/h21,24H,4-20H2,1-3H3. The number of carbonyl (C=O) groups is 1. The van der Waals surface area contributed by atoms with E-state index in [9.17, 15) is 4.79 Å². The molecule has 27 heavy (non-hydrogen) atoms. The van der Waals surface area contributed by atoms with E-state index in [0.29, 0.717) is 12.3 Å². The van der Waals surface area contributed by atoms with Crippen molar-refractivity contribution in [3.05, 3.63) is 0 Å². The number of nitrogens with one attached hydrogen (secondary N) is 1. The van der Waals surface area contributed by atoms with Crippen LogP contribution in [-0.2, 0) is 9.53 Å². The van der Waals surface area contributed by atoms with Crippen molar-refractivity contribution in [1.82, 2.24) is 5.32 Å². The van der Waals surface area contributed by atoms with Crippen LogP contribution in [0.1, 0.15) is 104 Å². The maximum absolute atomic E-state index is 12.2. The van der Waals surface area contributed by atoms with E-state index < -0.39 is 0 Å². The van der Waals surface area contributed by atoms with Crippen LogP contribution in [0.3, 0.4) is 0 Å². The Bertz CT molecular complexity index is 367. The summed E-state index contributed by atoms with van der Waals surface area (Å²) in [4.78, 5) is 12.2. The first-order valence-corrected chi connectivity index (χ1v) is 12.7. The Morgan fingerprint density at radius 3 is 2.07 bits per heavy atom. The lowest BCUT2D eigenvalue weighted by Gasteiger charge is -2.36. The maximum atomic E-state index is 12.2. The Morgan fingerprint density at radius 2 is 1.48 bits per heavy atom. The molecule has 3 nitrogen and oxygen atoms in total. The molecular weight excluding hydrogens is 354 g/mol. The van der Waals surface area contributed by atoms with Crippen LogP contribution < -0.4 is 5.32 Å². The molecule has 0 atom stereocenters. The molecule has 4 heteroatoms. The molecule has 0 radical (unpaired) electrons. The van der Waals surface area contributed by atoms with Crippen molar-refractivity contribution >= 4 is 17.7 Å². The van der Waals surface area contributed by atoms with Gasteiger partial charge in [0, 0.05) is 11.7 Å². The minimum Gasteiger partial charge on any atom is -0.459 e. The number of piperidine rings is 1. The Kier molecular flexibility index (Phi) is 14.4. The van der Waals surface area contributed by atoms with Crippen molar-refractivity contribution in [1.29, 1.82) is 0 Å². The summed E-state index contributed by atoms with van der Waals surface area (Å²) in [7, 11) is 0. The Morgan fingerprint density at radius 1 is 0.926 bits per heavy atom. The molecule has 1 N–H and O–H groups in total. The summed E-state index contributed by atoms with van der Waals surface area (Å²) < 4.78 is 5.80. The fraction of sp³-hybridized carbons (Fsp3) is 0.957. The van der Waals surface area contributed by atoms with Gasteiger partial charge in [0.1, 0.15) is 5.60 Å². The average molecular weight is 400 g/mol. The fourth-order valence-electron chi connectivity index (χ4n) is 3.89. The molecule has 0 amide bonds. The van der Waals surface area contributed by atoms with Crippen molar-refractivity contribution in [2.75, 3.05) is 24.6 Å². The van der Waals surface area contributed by atoms with E-state index in [1.807, 2.05) is 11.8 Å². The quantitative estimate of drug-likeness (QED) is 0.242. The van der Waals surface area contributed by atoms with Gasteiger partial charge < -0.3 is 10.1 Å². The monoisotopic (exact) mass is 399 g/mol. The Balaban J connectivity index is 1.90. The van der Waals surface area contributed by atoms with Gasteiger partial charge in [-0.3, -0.25) is 4.79 Å². The van der Waals surface area contributed by atoms with Crippen LogP contribution in [0.2, 0.25) is 0 Å².